The van der Waals surface area contributed by atoms with Crippen molar-refractivity contribution in [3.63, 3.8) is 0 Å². The molecule has 1 fully saturated rings. The zero-order valence-corrected chi connectivity index (χ0v) is 16.1. The maximum atomic E-state index is 12.5. The van der Waals surface area contributed by atoms with Crippen LogP contribution in [0.15, 0.2) is 61.2 Å². The van der Waals surface area contributed by atoms with E-state index >= 15 is 0 Å². The first-order valence-electron chi connectivity index (χ1n) is 9.02. The summed E-state index contributed by atoms with van der Waals surface area (Å²) in [4.78, 5) is 41.2. The summed E-state index contributed by atoms with van der Waals surface area (Å²) in [7, 11) is 0. The van der Waals surface area contributed by atoms with Crippen molar-refractivity contribution in [3.05, 3.63) is 77.3 Å². The number of hydrogen-bond donors (Lipinski definition) is 1. The van der Waals surface area contributed by atoms with Crippen LogP contribution in [0, 0.1) is 0 Å². The molecule has 1 N–H and O–H groups in total. The number of likely N-dealkylation sites (tertiary alicyclic amines) is 1. The van der Waals surface area contributed by atoms with Crippen LogP contribution in [0.1, 0.15) is 28.8 Å². The van der Waals surface area contributed by atoms with Crippen molar-refractivity contribution < 1.29 is 14.4 Å². The SMILES string of the molecule is O=C(Nc1ccc(-n2ccnc2)c(Cl)c1)c1ccc(CN2C(=O)CCC2=O)cc1. The third-order valence-electron chi connectivity index (χ3n) is 4.70. The summed E-state index contributed by atoms with van der Waals surface area (Å²) < 4.78 is 1.78. The lowest BCUT2D eigenvalue weighted by Gasteiger charge is -2.14. The van der Waals surface area contributed by atoms with Gasteiger partial charge in [-0.05, 0) is 35.9 Å². The van der Waals surface area contributed by atoms with E-state index in [0.717, 1.165) is 11.3 Å². The standard InChI is InChI=1S/C21H17ClN4O3/c22-17-11-16(5-6-18(17)25-10-9-23-13-25)24-21(29)15-3-1-14(2-4-15)12-26-19(27)7-8-20(26)28/h1-6,9-11,13H,7-8,12H2,(H,24,29). The Morgan fingerprint density at radius 1 is 1.07 bits per heavy atom. The summed E-state index contributed by atoms with van der Waals surface area (Å²) in [6.07, 6.45) is 5.61. The van der Waals surface area contributed by atoms with Crippen molar-refractivity contribution in [2.24, 2.45) is 0 Å². The van der Waals surface area contributed by atoms with E-state index in [4.69, 9.17) is 11.6 Å². The summed E-state index contributed by atoms with van der Waals surface area (Å²) in [5, 5.41) is 3.29. The molecule has 1 aromatic heterocycles. The van der Waals surface area contributed by atoms with Crippen LogP contribution >= 0.6 is 11.6 Å². The second kappa shape index (κ2) is 7.89. The zero-order valence-electron chi connectivity index (χ0n) is 15.3. The molecule has 0 atom stereocenters. The Kier molecular flexibility index (Phi) is 5.14. The topological polar surface area (TPSA) is 84.3 Å². The van der Waals surface area contributed by atoms with Crippen molar-refractivity contribution in [1.29, 1.82) is 0 Å². The van der Waals surface area contributed by atoms with Crippen LogP contribution in [0.5, 0.6) is 0 Å². The van der Waals surface area contributed by atoms with E-state index in [1.165, 1.54) is 4.90 Å². The molecule has 0 aliphatic carbocycles. The summed E-state index contributed by atoms with van der Waals surface area (Å²) in [6, 6.07) is 12.0. The van der Waals surface area contributed by atoms with Crippen molar-refractivity contribution >= 4 is 35.0 Å². The normalized spacial score (nSPS) is 13.8. The molecule has 2 aromatic carbocycles. The molecule has 2 heterocycles. The number of anilines is 1. The minimum atomic E-state index is -0.281. The predicted octanol–water partition coefficient (Wildman–Crippen LogP) is 3.43. The highest BCUT2D eigenvalue weighted by molar-refractivity contribution is 6.32. The first-order valence-corrected chi connectivity index (χ1v) is 9.40. The van der Waals surface area contributed by atoms with Gasteiger partial charge in [0.1, 0.15) is 0 Å². The number of aromatic nitrogens is 2. The largest absolute Gasteiger partial charge is 0.322 e. The Labute approximate surface area is 171 Å². The minimum Gasteiger partial charge on any atom is -0.322 e. The molecule has 1 aliphatic rings. The van der Waals surface area contributed by atoms with Gasteiger partial charge >= 0.3 is 0 Å². The van der Waals surface area contributed by atoms with Gasteiger partial charge in [-0.3, -0.25) is 19.3 Å². The molecule has 4 rings (SSSR count). The third kappa shape index (κ3) is 4.05. The van der Waals surface area contributed by atoms with Crippen LogP contribution in [0.25, 0.3) is 5.69 Å². The molecule has 29 heavy (non-hydrogen) atoms. The second-order valence-corrected chi connectivity index (χ2v) is 7.07. The number of benzene rings is 2. The van der Waals surface area contributed by atoms with Gasteiger partial charge < -0.3 is 9.88 Å². The molecule has 0 unspecified atom stereocenters. The van der Waals surface area contributed by atoms with Crippen LogP contribution in [-0.4, -0.2) is 32.2 Å². The molecular weight excluding hydrogens is 392 g/mol. The van der Waals surface area contributed by atoms with E-state index in [-0.39, 0.29) is 37.1 Å². The molecule has 0 bridgehead atoms. The maximum absolute atomic E-state index is 12.5. The monoisotopic (exact) mass is 408 g/mol. The number of hydrogen-bond acceptors (Lipinski definition) is 4. The molecule has 146 valence electrons. The molecule has 8 heteroatoms. The molecule has 3 amide bonds. The number of imidazole rings is 1. The van der Waals surface area contributed by atoms with Gasteiger partial charge in [0.25, 0.3) is 5.91 Å². The number of carbonyl (C=O) groups is 3. The van der Waals surface area contributed by atoms with Crippen molar-refractivity contribution in [2.75, 3.05) is 5.32 Å². The van der Waals surface area contributed by atoms with Gasteiger partial charge in [-0.15, -0.1) is 0 Å². The summed E-state index contributed by atoms with van der Waals surface area (Å²) >= 11 is 6.32. The van der Waals surface area contributed by atoms with E-state index in [1.54, 1.807) is 65.8 Å². The van der Waals surface area contributed by atoms with Gasteiger partial charge in [-0.25, -0.2) is 4.98 Å². The van der Waals surface area contributed by atoms with Gasteiger partial charge in [0.15, 0.2) is 0 Å². The Morgan fingerprint density at radius 3 is 2.41 bits per heavy atom. The van der Waals surface area contributed by atoms with E-state index < -0.39 is 0 Å². The number of halogens is 1. The highest BCUT2D eigenvalue weighted by atomic mass is 35.5. The smallest absolute Gasteiger partial charge is 0.255 e. The van der Waals surface area contributed by atoms with Crippen LogP contribution in [0.2, 0.25) is 5.02 Å². The number of rotatable bonds is 5. The number of amides is 3. The van der Waals surface area contributed by atoms with Gasteiger partial charge in [-0.2, -0.15) is 0 Å². The van der Waals surface area contributed by atoms with E-state index in [2.05, 4.69) is 10.3 Å². The van der Waals surface area contributed by atoms with Gasteiger partial charge in [0.05, 0.1) is 23.6 Å². The Balaban J connectivity index is 1.43. The molecule has 1 aliphatic heterocycles. The second-order valence-electron chi connectivity index (χ2n) is 6.66. The highest BCUT2D eigenvalue weighted by Crippen LogP contribution is 2.24. The maximum Gasteiger partial charge on any atom is 0.255 e. The third-order valence-corrected chi connectivity index (χ3v) is 5.00. The minimum absolute atomic E-state index is 0.159. The molecular formula is C21H17ClN4O3. The summed E-state index contributed by atoms with van der Waals surface area (Å²) in [5.74, 6) is -0.600. The lowest BCUT2D eigenvalue weighted by molar-refractivity contribution is -0.139. The first kappa shape index (κ1) is 18.9. The summed E-state index contributed by atoms with van der Waals surface area (Å²) in [6.45, 7) is 0.227. The van der Waals surface area contributed by atoms with Crippen molar-refractivity contribution in [3.8, 4) is 5.69 Å². The molecule has 0 radical (unpaired) electrons. The number of nitrogens with zero attached hydrogens (tertiary/aromatic N) is 3. The Morgan fingerprint density at radius 2 is 1.79 bits per heavy atom. The van der Waals surface area contributed by atoms with Gasteiger partial charge in [0.2, 0.25) is 11.8 Å². The van der Waals surface area contributed by atoms with Crippen LogP contribution in [-0.2, 0) is 16.1 Å². The number of nitrogens with one attached hydrogen (secondary N) is 1. The van der Waals surface area contributed by atoms with Crippen molar-refractivity contribution in [1.82, 2.24) is 14.5 Å². The Hall–Kier alpha value is -3.45. The van der Waals surface area contributed by atoms with E-state index in [9.17, 15) is 14.4 Å². The van der Waals surface area contributed by atoms with Gasteiger partial charge in [0, 0.05) is 36.5 Å². The molecule has 3 aromatic rings. The summed E-state index contributed by atoms with van der Waals surface area (Å²) in [5.41, 5.74) is 2.58. The number of imide groups is 1. The lowest BCUT2D eigenvalue weighted by atomic mass is 10.1. The van der Waals surface area contributed by atoms with Crippen LogP contribution in [0.4, 0.5) is 5.69 Å². The zero-order chi connectivity index (χ0) is 20.4. The van der Waals surface area contributed by atoms with Gasteiger partial charge in [-0.1, -0.05) is 23.7 Å². The average molecular weight is 409 g/mol. The van der Waals surface area contributed by atoms with E-state index in [0.29, 0.717) is 16.3 Å². The first-order chi connectivity index (χ1) is 14.0. The van der Waals surface area contributed by atoms with Crippen molar-refractivity contribution in [2.45, 2.75) is 19.4 Å². The highest BCUT2D eigenvalue weighted by Gasteiger charge is 2.28. The van der Waals surface area contributed by atoms with Crippen LogP contribution < -0.4 is 5.32 Å². The van der Waals surface area contributed by atoms with E-state index in [1.807, 2.05) is 0 Å². The van der Waals surface area contributed by atoms with Crippen LogP contribution in [0.3, 0.4) is 0 Å². The molecule has 0 saturated carbocycles. The fraction of sp³-hybridized carbons (Fsp3) is 0.143. The quantitative estimate of drug-likeness (QED) is 0.655. The molecule has 1 saturated heterocycles. The predicted molar refractivity (Wildman–Crippen MR) is 108 cm³/mol. The number of carbonyl (C=O) groups excluding carboxylic acids is 3. The molecule has 0 spiro atoms. The fourth-order valence-corrected chi connectivity index (χ4v) is 3.42. The lowest BCUT2D eigenvalue weighted by Crippen LogP contribution is -2.28. The Bertz CT molecular complexity index is 1060. The molecule has 7 nitrogen and oxygen atoms in total. The average Bonchev–Trinajstić information content (AvgIpc) is 3.34. The fourth-order valence-electron chi connectivity index (χ4n) is 3.14.